The molecule has 0 fully saturated rings. The van der Waals surface area contributed by atoms with Crippen LogP contribution in [0.2, 0.25) is 0 Å². The fraction of sp³-hybridized carbons (Fsp3) is 0.417. The van der Waals surface area contributed by atoms with Gasteiger partial charge in [-0.25, -0.2) is 13.6 Å². The standard InChI is InChI=1S/C12H19N3O4S/c1-3-8(7-13)12(16)15-10-6-9(20(14,17)18)4-5-11(10)19-2/h4-6,8H,3,7,13H2,1-2H3,(H,15,16)(H2,14,17,18). The number of carbonyl (C=O) groups is 1. The molecule has 7 nitrogen and oxygen atoms in total. The van der Waals surface area contributed by atoms with Crippen molar-refractivity contribution >= 4 is 21.6 Å². The number of amides is 1. The van der Waals surface area contributed by atoms with Crippen LogP contribution in [0.5, 0.6) is 5.75 Å². The Balaban J connectivity index is 3.12. The summed E-state index contributed by atoms with van der Waals surface area (Å²) in [5, 5.41) is 7.67. The molecule has 0 aromatic heterocycles. The van der Waals surface area contributed by atoms with Crippen LogP contribution in [0.15, 0.2) is 23.1 Å². The highest BCUT2D eigenvalue weighted by molar-refractivity contribution is 7.89. The van der Waals surface area contributed by atoms with Crippen LogP contribution in [-0.2, 0) is 14.8 Å². The lowest BCUT2D eigenvalue weighted by Crippen LogP contribution is -2.29. The van der Waals surface area contributed by atoms with Crippen LogP contribution >= 0.6 is 0 Å². The van der Waals surface area contributed by atoms with Crippen LogP contribution in [0, 0.1) is 5.92 Å². The molecule has 1 aromatic carbocycles. The first-order chi connectivity index (χ1) is 9.33. The van der Waals surface area contributed by atoms with Crippen LogP contribution in [0.1, 0.15) is 13.3 Å². The van der Waals surface area contributed by atoms with E-state index >= 15 is 0 Å². The number of nitrogens with one attached hydrogen (secondary N) is 1. The van der Waals surface area contributed by atoms with E-state index in [4.69, 9.17) is 15.6 Å². The molecule has 1 atom stereocenters. The van der Waals surface area contributed by atoms with Crippen LogP contribution in [-0.4, -0.2) is 28.0 Å². The van der Waals surface area contributed by atoms with Crippen molar-refractivity contribution in [2.45, 2.75) is 18.2 Å². The summed E-state index contributed by atoms with van der Waals surface area (Å²) in [6.45, 7) is 2.05. The molecule has 0 aliphatic rings. The average molecular weight is 301 g/mol. The number of hydrogen-bond donors (Lipinski definition) is 3. The van der Waals surface area contributed by atoms with Crippen molar-refractivity contribution in [1.82, 2.24) is 0 Å². The molecule has 8 heteroatoms. The molecule has 1 aromatic rings. The van der Waals surface area contributed by atoms with E-state index < -0.39 is 10.0 Å². The second-order valence-electron chi connectivity index (χ2n) is 4.24. The summed E-state index contributed by atoms with van der Waals surface area (Å²) in [6, 6.07) is 4.00. The lowest BCUT2D eigenvalue weighted by Gasteiger charge is -2.15. The summed E-state index contributed by atoms with van der Waals surface area (Å²) in [4.78, 5) is 11.9. The monoisotopic (exact) mass is 301 g/mol. The summed E-state index contributed by atoms with van der Waals surface area (Å²) < 4.78 is 27.7. The number of carbonyl (C=O) groups excluding carboxylic acids is 1. The van der Waals surface area contributed by atoms with Crippen molar-refractivity contribution < 1.29 is 17.9 Å². The zero-order valence-electron chi connectivity index (χ0n) is 11.4. The number of anilines is 1. The van der Waals surface area contributed by atoms with Crippen LogP contribution in [0.25, 0.3) is 0 Å². The van der Waals surface area contributed by atoms with Crippen molar-refractivity contribution in [2.24, 2.45) is 16.8 Å². The molecule has 0 saturated heterocycles. The molecule has 0 bridgehead atoms. The average Bonchev–Trinajstić information content (AvgIpc) is 2.39. The molecule has 0 aliphatic carbocycles. The number of nitrogens with two attached hydrogens (primary N) is 2. The first-order valence-corrected chi connectivity index (χ1v) is 7.59. The summed E-state index contributed by atoms with van der Waals surface area (Å²) in [5.41, 5.74) is 5.75. The second kappa shape index (κ2) is 6.69. The van der Waals surface area contributed by atoms with Gasteiger partial charge in [0.2, 0.25) is 15.9 Å². The van der Waals surface area contributed by atoms with Gasteiger partial charge < -0.3 is 15.8 Å². The quantitative estimate of drug-likeness (QED) is 0.695. The predicted molar refractivity (Wildman–Crippen MR) is 75.8 cm³/mol. The summed E-state index contributed by atoms with van der Waals surface area (Å²) in [7, 11) is -2.43. The Hall–Kier alpha value is -1.64. The van der Waals surface area contributed by atoms with E-state index in [-0.39, 0.29) is 29.0 Å². The minimum absolute atomic E-state index is 0.102. The van der Waals surface area contributed by atoms with Gasteiger partial charge in [-0.15, -0.1) is 0 Å². The molecular formula is C12H19N3O4S. The SMILES string of the molecule is CCC(CN)C(=O)Nc1cc(S(N)(=O)=O)ccc1OC. The second-order valence-corrected chi connectivity index (χ2v) is 5.80. The van der Waals surface area contributed by atoms with Crippen LogP contribution < -0.4 is 20.9 Å². The van der Waals surface area contributed by atoms with Gasteiger partial charge in [0.1, 0.15) is 5.75 Å². The Morgan fingerprint density at radius 3 is 2.55 bits per heavy atom. The maximum atomic E-state index is 12.0. The molecule has 0 heterocycles. The Kier molecular flexibility index (Phi) is 5.49. The number of rotatable bonds is 6. The number of hydrogen-bond acceptors (Lipinski definition) is 5. The van der Waals surface area contributed by atoms with E-state index in [9.17, 15) is 13.2 Å². The van der Waals surface area contributed by atoms with E-state index in [0.717, 1.165) is 0 Å². The summed E-state index contributed by atoms with van der Waals surface area (Å²) in [6.07, 6.45) is 0.583. The zero-order valence-corrected chi connectivity index (χ0v) is 12.2. The van der Waals surface area contributed by atoms with Crippen molar-refractivity contribution in [1.29, 1.82) is 0 Å². The van der Waals surface area contributed by atoms with Crippen molar-refractivity contribution in [3.63, 3.8) is 0 Å². The molecule has 0 radical (unpaired) electrons. The summed E-state index contributed by atoms with van der Waals surface area (Å²) in [5.74, 6) is -0.296. The highest BCUT2D eigenvalue weighted by Crippen LogP contribution is 2.27. The smallest absolute Gasteiger partial charge is 0.238 e. The maximum absolute atomic E-state index is 12.0. The molecule has 1 unspecified atom stereocenters. The van der Waals surface area contributed by atoms with Gasteiger partial charge in [-0.05, 0) is 24.6 Å². The van der Waals surface area contributed by atoms with Crippen LogP contribution in [0.4, 0.5) is 5.69 Å². The van der Waals surface area contributed by atoms with Gasteiger partial charge in [-0.2, -0.15) is 0 Å². The van der Waals surface area contributed by atoms with Gasteiger partial charge in [-0.3, -0.25) is 4.79 Å². The van der Waals surface area contributed by atoms with E-state index in [0.29, 0.717) is 12.2 Å². The van der Waals surface area contributed by atoms with Crippen molar-refractivity contribution in [3.05, 3.63) is 18.2 Å². The molecule has 1 amide bonds. The van der Waals surface area contributed by atoms with Gasteiger partial charge in [-0.1, -0.05) is 6.92 Å². The maximum Gasteiger partial charge on any atom is 0.238 e. The zero-order chi connectivity index (χ0) is 15.3. The molecule has 0 aliphatic heterocycles. The van der Waals surface area contributed by atoms with Gasteiger partial charge >= 0.3 is 0 Å². The van der Waals surface area contributed by atoms with Gasteiger partial charge in [0.25, 0.3) is 0 Å². The Morgan fingerprint density at radius 1 is 1.45 bits per heavy atom. The highest BCUT2D eigenvalue weighted by atomic mass is 32.2. The van der Waals surface area contributed by atoms with Crippen molar-refractivity contribution in [3.8, 4) is 5.75 Å². The number of ether oxygens (including phenoxy) is 1. The van der Waals surface area contributed by atoms with E-state index in [2.05, 4.69) is 5.32 Å². The third kappa shape index (κ3) is 3.92. The lowest BCUT2D eigenvalue weighted by atomic mass is 10.1. The van der Waals surface area contributed by atoms with Crippen LogP contribution in [0.3, 0.4) is 0 Å². The van der Waals surface area contributed by atoms with Gasteiger partial charge in [0.15, 0.2) is 0 Å². The molecule has 1 rings (SSSR count). The first-order valence-electron chi connectivity index (χ1n) is 6.05. The van der Waals surface area contributed by atoms with E-state index in [1.165, 1.54) is 25.3 Å². The van der Waals surface area contributed by atoms with E-state index in [1.54, 1.807) is 0 Å². The minimum atomic E-state index is -3.85. The molecule has 0 spiro atoms. The van der Waals surface area contributed by atoms with Gasteiger partial charge in [0, 0.05) is 6.54 Å². The largest absolute Gasteiger partial charge is 0.495 e. The van der Waals surface area contributed by atoms with Crippen molar-refractivity contribution in [2.75, 3.05) is 19.0 Å². The lowest BCUT2D eigenvalue weighted by molar-refractivity contribution is -0.119. The summed E-state index contributed by atoms with van der Waals surface area (Å²) >= 11 is 0. The van der Waals surface area contributed by atoms with E-state index in [1.807, 2.05) is 6.92 Å². The van der Waals surface area contributed by atoms with Gasteiger partial charge in [0.05, 0.1) is 23.6 Å². The fourth-order valence-corrected chi connectivity index (χ4v) is 2.20. The molecule has 112 valence electrons. The Labute approximate surface area is 118 Å². The highest BCUT2D eigenvalue weighted by Gasteiger charge is 2.18. The minimum Gasteiger partial charge on any atom is -0.495 e. The molecule has 5 N–H and O–H groups in total. The number of primary sulfonamides is 1. The fourth-order valence-electron chi connectivity index (χ4n) is 1.66. The third-order valence-electron chi connectivity index (χ3n) is 2.91. The number of benzene rings is 1. The topological polar surface area (TPSA) is 125 Å². The Morgan fingerprint density at radius 2 is 2.10 bits per heavy atom. The number of sulfonamides is 1. The predicted octanol–water partition coefficient (Wildman–Crippen LogP) is 0.266. The number of methoxy groups -OCH3 is 1. The third-order valence-corrected chi connectivity index (χ3v) is 3.82. The molecular weight excluding hydrogens is 282 g/mol. The molecule has 0 saturated carbocycles. The Bertz CT molecular complexity index is 582. The first kappa shape index (κ1) is 16.4. The molecule has 20 heavy (non-hydrogen) atoms. The normalized spacial score (nSPS) is 12.8.